The molecule has 0 spiro atoms. The summed E-state index contributed by atoms with van der Waals surface area (Å²) < 4.78 is 12.3. The van der Waals surface area contributed by atoms with Gasteiger partial charge in [-0.1, -0.05) is 73.6 Å². The summed E-state index contributed by atoms with van der Waals surface area (Å²) in [6, 6.07) is 23.3. The Bertz CT molecular complexity index is 1400. The Hall–Kier alpha value is -4.35. The van der Waals surface area contributed by atoms with Crippen molar-refractivity contribution in [3.05, 3.63) is 112 Å². The molecule has 0 saturated heterocycles. The van der Waals surface area contributed by atoms with E-state index in [1.165, 1.54) is 0 Å². The second kappa shape index (κ2) is 9.36. The van der Waals surface area contributed by atoms with Crippen molar-refractivity contribution in [1.82, 2.24) is 0 Å². The van der Waals surface area contributed by atoms with E-state index in [0.29, 0.717) is 46.9 Å². The van der Waals surface area contributed by atoms with Crippen LogP contribution in [0, 0.1) is 5.41 Å². The minimum absolute atomic E-state index is 0.00892. The first kappa shape index (κ1) is 23.4. The summed E-state index contributed by atoms with van der Waals surface area (Å²) in [7, 11) is 0. The van der Waals surface area contributed by atoms with Gasteiger partial charge in [-0.2, -0.15) is 0 Å². The smallest absolute Gasteiger partial charge is 0.204 e. The Morgan fingerprint density at radius 3 is 2.44 bits per heavy atom. The van der Waals surface area contributed by atoms with Gasteiger partial charge in [0.1, 0.15) is 17.3 Å². The predicted octanol–water partition coefficient (Wildman–Crippen LogP) is 7.43. The molecule has 1 heterocycles. The summed E-state index contributed by atoms with van der Waals surface area (Å²) >= 11 is 0. The number of benzene rings is 3. The van der Waals surface area contributed by atoms with E-state index in [0.717, 1.165) is 5.56 Å². The fraction of sp³-hybridized carbons (Fsp3) is 0.241. The molecule has 0 bridgehead atoms. The minimum Gasteiger partial charge on any atom is -0.485 e. The van der Waals surface area contributed by atoms with Gasteiger partial charge in [-0.05, 0) is 40.8 Å². The van der Waals surface area contributed by atoms with Gasteiger partial charge in [0.05, 0.1) is 5.92 Å². The molecule has 5 rings (SSSR count). The van der Waals surface area contributed by atoms with Crippen LogP contribution in [-0.2, 0) is 9.53 Å². The highest BCUT2D eigenvalue weighted by molar-refractivity contribution is 6.05. The number of azide groups is 1. The van der Waals surface area contributed by atoms with Crippen molar-refractivity contribution >= 4 is 17.3 Å². The van der Waals surface area contributed by atoms with Gasteiger partial charge in [0.25, 0.3) is 0 Å². The Morgan fingerprint density at radius 2 is 1.72 bits per heavy atom. The van der Waals surface area contributed by atoms with Crippen LogP contribution in [0.3, 0.4) is 0 Å². The highest BCUT2D eigenvalue weighted by Gasteiger charge is 2.49. The normalized spacial score (nSPS) is 20.2. The lowest BCUT2D eigenvalue weighted by molar-refractivity contribution is -0.118. The highest BCUT2D eigenvalue weighted by Crippen LogP contribution is 2.50. The Kier molecular flexibility index (Phi) is 6.08. The highest BCUT2D eigenvalue weighted by atomic mass is 16.5. The van der Waals surface area contributed by atoms with E-state index in [9.17, 15) is 9.59 Å². The van der Waals surface area contributed by atoms with Crippen molar-refractivity contribution in [1.29, 1.82) is 0 Å². The van der Waals surface area contributed by atoms with E-state index in [1.807, 2.05) is 68.4 Å². The largest absolute Gasteiger partial charge is 0.485 e. The molecule has 0 fully saturated rings. The lowest BCUT2D eigenvalue weighted by atomic mass is 9.72. The molecule has 7 nitrogen and oxygen atoms in total. The molecule has 0 radical (unpaired) electrons. The van der Waals surface area contributed by atoms with Crippen LogP contribution >= 0.6 is 0 Å². The van der Waals surface area contributed by atoms with Crippen molar-refractivity contribution in [2.45, 2.75) is 38.7 Å². The van der Waals surface area contributed by atoms with Crippen LogP contribution < -0.4 is 4.74 Å². The average molecular weight is 480 g/mol. The molecule has 7 heteroatoms. The average Bonchev–Trinajstić information content (AvgIpc) is 3.24. The molecular weight excluding hydrogens is 454 g/mol. The summed E-state index contributed by atoms with van der Waals surface area (Å²) in [5.74, 6) is 1.13. The topological polar surface area (TPSA) is 101 Å². The van der Waals surface area contributed by atoms with E-state index >= 15 is 0 Å². The Morgan fingerprint density at radius 1 is 1.00 bits per heavy atom. The number of rotatable bonds is 6. The van der Waals surface area contributed by atoms with Gasteiger partial charge < -0.3 is 9.47 Å². The summed E-state index contributed by atoms with van der Waals surface area (Å²) in [6.45, 7) is 4.07. The number of carbonyl (C=O) groups is 2. The second-order valence-electron chi connectivity index (χ2n) is 9.88. The molecule has 2 aliphatic rings. The van der Waals surface area contributed by atoms with Crippen LogP contribution in [-0.4, -0.2) is 17.7 Å². The first-order valence-corrected chi connectivity index (χ1v) is 11.8. The number of hydrogen-bond donors (Lipinski definition) is 0. The number of hydrogen-bond acceptors (Lipinski definition) is 5. The van der Waals surface area contributed by atoms with Crippen molar-refractivity contribution in [2.75, 3.05) is 0 Å². The van der Waals surface area contributed by atoms with E-state index in [-0.39, 0.29) is 17.0 Å². The fourth-order valence-electron chi connectivity index (χ4n) is 4.95. The lowest BCUT2D eigenvalue weighted by Gasteiger charge is -2.29. The number of ether oxygens (including phenoxy) is 2. The summed E-state index contributed by atoms with van der Waals surface area (Å²) in [4.78, 5) is 29.8. The monoisotopic (exact) mass is 479 g/mol. The first-order valence-electron chi connectivity index (χ1n) is 11.8. The zero-order valence-corrected chi connectivity index (χ0v) is 20.0. The maximum atomic E-state index is 13.7. The molecule has 0 N–H and O–H groups in total. The molecule has 2 atom stereocenters. The van der Waals surface area contributed by atoms with Crippen LogP contribution in [0.2, 0.25) is 0 Å². The van der Waals surface area contributed by atoms with Gasteiger partial charge in [0.2, 0.25) is 5.78 Å². The number of nitrogens with zero attached hydrogens (tertiary/aromatic N) is 3. The molecule has 1 aliphatic heterocycles. The van der Waals surface area contributed by atoms with Crippen LogP contribution in [0.15, 0.2) is 95.3 Å². The molecule has 0 aromatic heterocycles. The quantitative estimate of drug-likeness (QED) is 0.159. The van der Waals surface area contributed by atoms with Crippen molar-refractivity contribution in [3.8, 4) is 11.5 Å². The number of Topliss-reactive ketones (excluding diaryl/α,β-unsaturated/α-hetero) is 2. The third-order valence-electron chi connectivity index (χ3n) is 6.53. The third-order valence-corrected chi connectivity index (χ3v) is 6.53. The van der Waals surface area contributed by atoms with Gasteiger partial charge in [0.15, 0.2) is 11.9 Å². The van der Waals surface area contributed by atoms with Gasteiger partial charge in [-0.25, -0.2) is 0 Å². The molecule has 3 aromatic carbocycles. The zero-order valence-electron chi connectivity index (χ0n) is 20.0. The van der Waals surface area contributed by atoms with Crippen molar-refractivity contribution in [2.24, 2.45) is 10.5 Å². The molecule has 3 aromatic rings. The van der Waals surface area contributed by atoms with E-state index in [1.54, 1.807) is 24.3 Å². The first-order chi connectivity index (χ1) is 17.3. The summed E-state index contributed by atoms with van der Waals surface area (Å²) in [5, 5.41) is 3.57. The molecule has 1 aliphatic carbocycles. The molecule has 180 valence electrons. The van der Waals surface area contributed by atoms with Crippen molar-refractivity contribution < 1.29 is 19.1 Å². The number of allylic oxidation sites excluding steroid dienone is 1. The minimum atomic E-state index is -0.884. The number of para-hydroxylation sites is 1. The number of carbonyl (C=O) groups excluding carboxylic acids is 2. The molecule has 0 amide bonds. The molecule has 36 heavy (non-hydrogen) atoms. The van der Waals surface area contributed by atoms with Crippen LogP contribution in [0.5, 0.6) is 11.5 Å². The Labute approximate surface area is 209 Å². The van der Waals surface area contributed by atoms with Gasteiger partial charge in [-0.3, -0.25) is 9.59 Å². The van der Waals surface area contributed by atoms with E-state index in [2.05, 4.69) is 10.0 Å². The van der Waals surface area contributed by atoms with Gasteiger partial charge in [-0.15, -0.1) is 0 Å². The van der Waals surface area contributed by atoms with E-state index < -0.39 is 12.0 Å². The van der Waals surface area contributed by atoms with E-state index in [4.69, 9.17) is 15.0 Å². The second-order valence-corrected chi connectivity index (χ2v) is 9.88. The molecular formula is C29H25N3O4. The standard InChI is InChI=1S/C29H25N3O4/c1-29(2)16-23(33)26-24(17-29)36-28(27(34)18-11-13-20(14-12-18)31-32-30)25(26)19-7-6-10-22(15-19)35-21-8-4-3-5-9-21/h3-15,25,28H,16-17H2,1-2H3. The zero-order chi connectivity index (χ0) is 25.3. The number of ketones is 2. The fourth-order valence-corrected chi connectivity index (χ4v) is 4.95. The summed E-state index contributed by atoms with van der Waals surface area (Å²) in [6.07, 6.45) is 0.100. The molecule has 2 unspecified atom stereocenters. The maximum absolute atomic E-state index is 13.7. The van der Waals surface area contributed by atoms with Crippen LogP contribution in [0.4, 0.5) is 5.69 Å². The van der Waals surface area contributed by atoms with Gasteiger partial charge in [0, 0.05) is 34.6 Å². The third kappa shape index (κ3) is 4.61. The van der Waals surface area contributed by atoms with Crippen LogP contribution in [0.25, 0.3) is 10.4 Å². The SMILES string of the molecule is CC1(C)CC(=O)C2=C(C1)OC(C(=O)c1ccc(N=[N+]=[N-])cc1)C2c1cccc(Oc2ccccc2)c1. The maximum Gasteiger partial charge on any atom is 0.204 e. The molecule has 0 saturated carbocycles. The van der Waals surface area contributed by atoms with Gasteiger partial charge >= 0.3 is 0 Å². The Balaban J connectivity index is 1.53. The van der Waals surface area contributed by atoms with Crippen LogP contribution in [0.1, 0.15) is 48.5 Å². The lowest BCUT2D eigenvalue weighted by Crippen LogP contribution is -2.29. The predicted molar refractivity (Wildman–Crippen MR) is 135 cm³/mol. The summed E-state index contributed by atoms with van der Waals surface area (Å²) in [5.41, 5.74) is 10.6. The van der Waals surface area contributed by atoms with Crippen molar-refractivity contribution in [3.63, 3.8) is 0 Å².